The molecule has 0 saturated carbocycles. The number of aromatic nitrogens is 2. The van der Waals surface area contributed by atoms with E-state index in [0.717, 1.165) is 49.5 Å². The van der Waals surface area contributed by atoms with Crippen molar-refractivity contribution in [1.29, 1.82) is 0 Å². The van der Waals surface area contributed by atoms with Crippen LogP contribution < -0.4 is 9.64 Å². The molecule has 2 saturated heterocycles. The van der Waals surface area contributed by atoms with Gasteiger partial charge in [-0.15, -0.1) is 0 Å². The lowest BCUT2D eigenvalue weighted by molar-refractivity contribution is 0.0721. The first-order valence-electron chi connectivity index (χ1n) is 9.37. The number of anilines is 1. The minimum atomic E-state index is 0.119. The molecule has 0 radical (unpaired) electrons. The Labute approximate surface area is 152 Å². The summed E-state index contributed by atoms with van der Waals surface area (Å²) in [6.07, 6.45) is 6.19. The Bertz CT molecular complexity index is 854. The number of aryl methyl sites for hydroxylation is 1. The second-order valence-corrected chi connectivity index (χ2v) is 7.30. The van der Waals surface area contributed by atoms with Crippen molar-refractivity contribution in [3.8, 4) is 5.75 Å². The number of carbonyl (C=O) groups excluding carboxylic acids is 1. The van der Waals surface area contributed by atoms with E-state index in [1.54, 1.807) is 12.5 Å². The summed E-state index contributed by atoms with van der Waals surface area (Å²) in [7, 11) is 0. The fraction of sp³-hybridized carbons (Fsp3) is 0.450. The molecular weight excluding hydrogens is 328 g/mol. The first kappa shape index (κ1) is 15.6. The van der Waals surface area contributed by atoms with E-state index < -0.39 is 0 Å². The van der Waals surface area contributed by atoms with Gasteiger partial charge < -0.3 is 14.5 Å². The van der Waals surface area contributed by atoms with Gasteiger partial charge >= 0.3 is 0 Å². The van der Waals surface area contributed by atoms with Crippen LogP contribution in [0.4, 0.5) is 5.82 Å². The van der Waals surface area contributed by atoms with Crippen LogP contribution in [0.2, 0.25) is 0 Å². The van der Waals surface area contributed by atoms with E-state index in [1.165, 1.54) is 11.1 Å². The molecule has 4 heterocycles. The van der Waals surface area contributed by atoms with E-state index in [2.05, 4.69) is 27.9 Å². The average molecular weight is 350 g/mol. The quantitative estimate of drug-likeness (QED) is 0.848. The van der Waals surface area contributed by atoms with Crippen molar-refractivity contribution in [3.63, 3.8) is 0 Å². The first-order chi connectivity index (χ1) is 12.7. The molecule has 1 aromatic heterocycles. The molecule has 134 valence electrons. The molecule has 0 spiro atoms. The summed E-state index contributed by atoms with van der Waals surface area (Å²) in [5.74, 6) is 1.88. The lowest BCUT2D eigenvalue weighted by Crippen LogP contribution is -2.49. The fourth-order valence-corrected chi connectivity index (χ4v) is 4.54. The van der Waals surface area contributed by atoms with Crippen molar-refractivity contribution in [3.05, 3.63) is 47.4 Å². The van der Waals surface area contributed by atoms with Crippen molar-refractivity contribution in [2.75, 3.05) is 24.6 Å². The van der Waals surface area contributed by atoms with Gasteiger partial charge in [0.25, 0.3) is 5.91 Å². The predicted molar refractivity (Wildman–Crippen MR) is 97.6 cm³/mol. The smallest absolute Gasteiger partial charge is 0.258 e. The molecule has 0 unspecified atom stereocenters. The molecule has 2 atom stereocenters. The van der Waals surface area contributed by atoms with Crippen molar-refractivity contribution in [2.45, 2.75) is 38.3 Å². The first-order valence-corrected chi connectivity index (χ1v) is 9.37. The minimum Gasteiger partial charge on any atom is -0.492 e. The van der Waals surface area contributed by atoms with Gasteiger partial charge in [0.1, 0.15) is 17.9 Å². The molecule has 6 heteroatoms. The summed E-state index contributed by atoms with van der Waals surface area (Å²) < 4.78 is 5.81. The lowest BCUT2D eigenvalue weighted by Gasteiger charge is -2.35. The topological polar surface area (TPSA) is 58.6 Å². The van der Waals surface area contributed by atoms with E-state index in [-0.39, 0.29) is 11.9 Å². The normalized spacial score (nSPS) is 23.3. The molecule has 5 rings (SSSR count). The van der Waals surface area contributed by atoms with Crippen LogP contribution in [0.25, 0.3) is 0 Å². The van der Waals surface area contributed by atoms with E-state index in [9.17, 15) is 4.79 Å². The van der Waals surface area contributed by atoms with Crippen molar-refractivity contribution in [2.24, 2.45) is 0 Å². The molecule has 3 aliphatic heterocycles. The third-order valence-electron chi connectivity index (χ3n) is 5.84. The van der Waals surface area contributed by atoms with E-state index in [0.29, 0.717) is 12.6 Å². The van der Waals surface area contributed by atoms with E-state index in [4.69, 9.17) is 4.74 Å². The molecule has 2 bridgehead atoms. The summed E-state index contributed by atoms with van der Waals surface area (Å²) in [5.41, 5.74) is 3.14. The Morgan fingerprint density at radius 2 is 2.23 bits per heavy atom. The Hall–Kier alpha value is -2.63. The molecule has 6 nitrogen and oxygen atoms in total. The van der Waals surface area contributed by atoms with Crippen LogP contribution in [0.15, 0.2) is 30.7 Å². The zero-order valence-corrected chi connectivity index (χ0v) is 14.9. The monoisotopic (exact) mass is 350 g/mol. The minimum absolute atomic E-state index is 0.119. The molecule has 3 aliphatic rings. The highest BCUT2D eigenvalue weighted by atomic mass is 16.5. The van der Waals surface area contributed by atoms with Crippen LogP contribution in [0, 0.1) is 0 Å². The summed E-state index contributed by atoms with van der Waals surface area (Å²) in [5, 5.41) is 0. The van der Waals surface area contributed by atoms with Gasteiger partial charge in [0.2, 0.25) is 0 Å². The Morgan fingerprint density at radius 1 is 1.31 bits per heavy atom. The summed E-state index contributed by atoms with van der Waals surface area (Å²) in [4.78, 5) is 26.0. The van der Waals surface area contributed by atoms with Gasteiger partial charge in [-0.05, 0) is 36.1 Å². The number of amides is 1. The highest BCUT2D eigenvalue weighted by Gasteiger charge is 2.46. The number of hydrogen-bond donors (Lipinski definition) is 0. The number of fused-ring (bicyclic) bond motifs is 3. The number of ether oxygens (including phenoxy) is 1. The van der Waals surface area contributed by atoms with E-state index in [1.807, 2.05) is 17.0 Å². The second-order valence-electron chi connectivity index (χ2n) is 7.30. The molecule has 2 aromatic rings. The molecule has 26 heavy (non-hydrogen) atoms. The standard InChI is InChI=1S/C20H22N4O2/c1-2-13-7-14-4-6-26-19(14)17(8-13)20(25)24-11-15-9-16(24)10-23(15)18-3-5-21-12-22-18/h3,5,7-8,12,15-16H,2,4,6,9-11H2,1H3/t15-,16-/m0/s1. The largest absolute Gasteiger partial charge is 0.492 e. The zero-order valence-electron chi connectivity index (χ0n) is 14.9. The summed E-state index contributed by atoms with van der Waals surface area (Å²) in [6, 6.07) is 6.73. The van der Waals surface area contributed by atoms with Crippen LogP contribution in [-0.4, -0.2) is 52.6 Å². The molecule has 0 aliphatic carbocycles. The second kappa shape index (κ2) is 5.97. The summed E-state index contributed by atoms with van der Waals surface area (Å²) in [6.45, 7) is 4.39. The molecule has 1 aromatic carbocycles. The number of hydrogen-bond acceptors (Lipinski definition) is 5. The van der Waals surface area contributed by atoms with E-state index >= 15 is 0 Å². The number of benzene rings is 1. The van der Waals surface area contributed by atoms with Gasteiger partial charge in [-0.2, -0.15) is 0 Å². The van der Waals surface area contributed by atoms with Crippen molar-refractivity contribution in [1.82, 2.24) is 14.9 Å². The van der Waals surface area contributed by atoms with Gasteiger partial charge in [0.15, 0.2) is 0 Å². The molecule has 0 N–H and O–H groups in total. The van der Waals surface area contributed by atoms with Crippen LogP contribution in [-0.2, 0) is 12.8 Å². The van der Waals surface area contributed by atoms with Crippen LogP contribution in [0.1, 0.15) is 34.8 Å². The Kier molecular flexibility index (Phi) is 3.58. The number of likely N-dealkylation sites (tertiary alicyclic amines) is 1. The maximum atomic E-state index is 13.3. The van der Waals surface area contributed by atoms with Crippen LogP contribution in [0.3, 0.4) is 0 Å². The van der Waals surface area contributed by atoms with Gasteiger partial charge in [0.05, 0.1) is 24.3 Å². The van der Waals surface area contributed by atoms with Gasteiger partial charge in [0, 0.05) is 25.7 Å². The molecule has 1 amide bonds. The highest BCUT2D eigenvalue weighted by molar-refractivity contribution is 5.98. The number of piperazine rings is 1. The Morgan fingerprint density at radius 3 is 2.96 bits per heavy atom. The van der Waals surface area contributed by atoms with Gasteiger partial charge in [-0.25, -0.2) is 9.97 Å². The molecular formula is C20H22N4O2. The highest BCUT2D eigenvalue weighted by Crippen LogP contribution is 2.37. The maximum Gasteiger partial charge on any atom is 0.258 e. The van der Waals surface area contributed by atoms with Crippen LogP contribution in [0.5, 0.6) is 5.75 Å². The molecule has 2 fully saturated rings. The number of rotatable bonds is 3. The SMILES string of the molecule is CCc1cc2c(c(C(=O)N3C[C@@H]4C[C@H]3CN4c3ccncn3)c1)OCC2. The predicted octanol–water partition coefficient (Wildman–Crippen LogP) is 2.08. The maximum absolute atomic E-state index is 13.3. The van der Waals surface area contributed by atoms with Crippen molar-refractivity contribution >= 4 is 11.7 Å². The third kappa shape index (κ3) is 2.35. The van der Waals surface area contributed by atoms with Crippen LogP contribution >= 0.6 is 0 Å². The van der Waals surface area contributed by atoms with Gasteiger partial charge in [-0.1, -0.05) is 13.0 Å². The number of nitrogens with zero attached hydrogens (tertiary/aromatic N) is 4. The van der Waals surface area contributed by atoms with Crippen molar-refractivity contribution < 1.29 is 9.53 Å². The number of carbonyl (C=O) groups is 1. The third-order valence-corrected chi connectivity index (χ3v) is 5.84. The Balaban J connectivity index is 1.40. The summed E-state index contributed by atoms with van der Waals surface area (Å²) >= 11 is 0. The fourth-order valence-electron chi connectivity index (χ4n) is 4.54. The zero-order chi connectivity index (χ0) is 17.7. The average Bonchev–Trinajstić information content (AvgIpc) is 3.42. The lowest BCUT2D eigenvalue weighted by atomic mass is 10.0. The van der Waals surface area contributed by atoms with Gasteiger partial charge in [-0.3, -0.25) is 4.79 Å².